The second-order valence-corrected chi connectivity index (χ2v) is 8.49. The second-order valence-electron chi connectivity index (χ2n) is 8.49. The molecule has 0 bridgehead atoms. The molecule has 2 fully saturated rings. The number of hydrogen-bond acceptors (Lipinski definition) is 4. The van der Waals surface area contributed by atoms with Crippen LogP contribution in [0, 0.1) is 16.7 Å². The van der Waals surface area contributed by atoms with E-state index in [0.29, 0.717) is 35.4 Å². The molecule has 0 amide bonds. The number of nitriles is 1. The van der Waals surface area contributed by atoms with Crippen LogP contribution in [0.4, 0.5) is 8.78 Å². The number of halogens is 2. The van der Waals surface area contributed by atoms with Crippen LogP contribution in [0.1, 0.15) is 55.2 Å². The van der Waals surface area contributed by atoms with Crippen LogP contribution in [0.5, 0.6) is 0 Å². The Balaban J connectivity index is 1.69. The van der Waals surface area contributed by atoms with Crippen molar-refractivity contribution < 1.29 is 13.9 Å². The number of alkyl halides is 1. The Morgan fingerprint density at radius 2 is 2.11 bits per heavy atom. The van der Waals surface area contributed by atoms with E-state index in [-0.39, 0.29) is 11.2 Å². The Morgan fingerprint density at radius 1 is 1.36 bits per heavy atom. The van der Waals surface area contributed by atoms with Crippen LogP contribution in [-0.2, 0) is 6.67 Å². The Bertz CT molecular complexity index is 898. The van der Waals surface area contributed by atoms with Crippen LogP contribution in [0.2, 0.25) is 0 Å². The molecule has 1 aromatic carbocycles. The van der Waals surface area contributed by atoms with Gasteiger partial charge in [-0.25, -0.2) is 8.78 Å². The zero-order valence-corrected chi connectivity index (χ0v) is 16.3. The SMILES string of the molecule is CN1C2=C(F)C(c3ccc(CF)cc3C#N)CC=C2N(CC2(C)CCC2)C1O. The first-order chi connectivity index (χ1) is 13.4. The molecule has 2 atom stereocenters. The van der Waals surface area contributed by atoms with Crippen molar-refractivity contribution in [1.29, 1.82) is 5.26 Å². The van der Waals surface area contributed by atoms with Crippen LogP contribution >= 0.6 is 0 Å². The lowest BCUT2D eigenvalue weighted by molar-refractivity contribution is -0.0589. The molecule has 3 aliphatic rings. The van der Waals surface area contributed by atoms with E-state index >= 15 is 4.39 Å². The monoisotopic (exact) mass is 385 g/mol. The normalized spacial score (nSPS) is 25.9. The van der Waals surface area contributed by atoms with Crippen molar-refractivity contribution in [3.05, 3.63) is 58.2 Å². The van der Waals surface area contributed by atoms with Gasteiger partial charge in [0.15, 0.2) is 0 Å². The van der Waals surface area contributed by atoms with Crippen LogP contribution in [0.3, 0.4) is 0 Å². The predicted octanol–water partition coefficient (Wildman–Crippen LogP) is 4.29. The minimum atomic E-state index is -0.896. The van der Waals surface area contributed by atoms with Crippen molar-refractivity contribution in [3.8, 4) is 6.07 Å². The minimum absolute atomic E-state index is 0.154. The van der Waals surface area contributed by atoms with E-state index < -0.39 is 18.9 Å². The number of fused-ring (bicyclic) bond motifs is 1. The third-order valence-electron chi connectivity index (χ3n) is 6.49. The Morgan fingerprint density at radius 3 is 2.71 bits per heavy atom. The van der Waals surface area contributed by atoms with Gasteiger partial charge in [-0.1, -0.05) is 31.6 Å². The van der Waals surface area contributed by atoms with Crippen LogP contribution < -0.4 is 0 Å². The quantitative estimate of drug-likeness (QED) is 0.840. The molecule has 1 heterocycles. The highest BCUT2D eigenvalue weighted by atomic mass is 19.1. The maximum Gasteiger partial charge on any atom is 0.207 e. The number of benzene rings is 1. The standard InChI is InChI=1S/C22H25F2N3O/c1-22(8-3-9-22)13-27-18-7-6-17(19(24)20(18)26(2)21(27)28)16-5-4-14(11-23)10-15(16)12-25/h4-5,7,10,17,21,28H,3,6,8-9,11,13H2,1-2H3. The maximum absolute atomic E-state index is 15.6. The smallest absolute Gasteiger partial charge is 0.207 e. The molecule has 1 aliphatic heterocycles. The first-order valence-corrected chi connectivity index (χ1v) is 9.75. The average Bonchev–Trinajstić information content (AvgIpc) is 2.92. The van der Waals surface area contributed by atoms with E-state index in [1.54, 1.807) is 24.1 Å². The summed E-state index contributed by atoms with van der Waals surface area (Å²) >= 11 is 0. The van der Waals surface area contributed by atoms with Crippen molar-refractivity contribution in [3.63, 3.8) is 0 Å². The molecule has 1 saturated carbocycles. The molecule has 4 rings (SSSR count). The summed E-state index contributed by atoms with van der Waals surface area (Å²) in [5.74, 6) is -0.944. The Labute approximate surface area is 164 Å². The average molecular weight is 385 g/mol. The zero-order chi connectivity index (χ0) is 20.1. The van der Waals surface area contributed by atoms with Crippen molar-refractivity contribution in [1.82, 2.24) is 9.80 Å². The van der Waals surface area contributed by atoms with Gasteiger partial charge in [-0.3, -0.25) is 0 Å². The summed E-state index contributed by atoms with van der Waals surface area (Å²) in [6.07, 6.45) is 4.89. The number of allylic oxidation sites excluding steroid dienone is 2. The third-order valence-corrected chi connectivity index (χ3v) is 6.49. The summed E-state index contributed by atoms with van der Waals surface area (Å²) in [5.41, 5.74) is 2.55. The largest absolute Gasteiger partial charge is 0.356 e. The van der Waals surface area contributed by atoms with Crippen molar-refractivity contribution in [2.24, 2.45) is 5.41 Å². The predicted molar refractivity (Wildman–Crippen MR) is 102 cm³/mol. The molecule has 6 heteroatoms. The van der Waals surface area contributed by atoms with Gasteiger partial charge in [-0.05, 0) is 41.9 Å². The van der Waals surface area contributed by atoms with Gasteiger partial charge in [0, 0.05) is 19.5 Å². The highest BCUT2D eigenvalue weighted by Crippen LogP contribution is 2.48. The van der Waals surface area contributed by atoms with E-state index in [9.17, 15) is 14.8 Å². The fourth-order valence-corrected chi connectivity index (χ4v) is 4.64. The third kappa shape index (κ3) is 2.89. The van der Waals surface area contributed by atoms with Gasteiger partial charge < -0.3 is 14.9 Å². The minimum Gasteiger partial charge on any atom is -0.356 e. The van der Waals surface area contributed by atoms with Crippen LogP contribution in [0.25, 0.3) is 0 Å². The highest BCUT2D eigenvalue weighted by molar-refractivity contribution is 5.50. The van der Waals surface area contributed by atoms with Crippen LogP contribution in [-0.4, -0.2) is 34.9 Å². The number of aliphatic hydroxyl groups excluding tert-OH is 1. The van der Waals surface area contributed by atoms with Gasteiger partial charge in [-0.15, -0.1) is 0 Å². The van der Waals surface area contributed by atoms with Gasteiger partial charge in [-0.2, -0.15) is 5.26 Å². The molecule has 4 nitrogen and oxygen atoms in total. The van der Waals surface area contributed by atoms with E-state index in [2.05, 4.69) is 13.0 Å². The molecule has 0 spiro atoms. The number of rotatable bonds is 4. The van der Waals surface area contributed by atoms with Crippen molar-refractivity contribution in [2.75, 3.05) is 13.6 Å². The van der Waals surface area contributed by atoms with Crippen molar-refractivity contribution in [2.45, 2.75) is 51.6 Å². The summed E-state index contributed by atoms with van der Waals surface area (Å²) in [6.45, 7) is 2.25. The van der Waals surface area contributed by atoms with E-state index in [0.717, 1.165) is 18.5 Å². The van der Waals surface area contributed by atoms with Crippen LogP contribution in [0.15, 0.2) is 41.5 Å². The van der Waals surface area contributed by atoms with E-state index in [1.165, 1.54) is 12.5 Å². The summed E-state index contributed by atoms with van der Waals surface area (Å²) in [7, 11) is 1.69. The molecule has 0 aromatic heterocycles. The summed E-state index contributed by atoms with van der Waals surface area (Å²) in [4.78, 5) is 3.46. The van der Waals surface area contributed by atoms with Gasteiger partial charge in [0.25, 0.3) is 0 Å². The zero-order valence-electron chi connectivity index (χ0n) is 16.3. The molecule has 148 valence electrons. The summed E-state index contributed by atoms with van der Waals surface area (Å²) < 4.78 is 28.5. The molecule has 1 aromatic rings. The summed E-state index contributed by atoms with van der Waals surface area (Å²) in [6, 6.07) is 6.81. The molecule has 1 N–H and O–H groups in total. The number of nitrogens with zero attached hydrogens (tertiary/aromatic N) is 3. The fraction of sp³-hybridized carbons (Fsp3) is 0.500. The van der Waals surface area contributed by atoms with Gasteiger partial charge in [0.1, 0.15) is 12.5 Å². The molecular formula is C22H25F2N3O. The molecular weight excluding hydrogens is 360 g/mol. The number of likely N-dealkylation sites (N-methyl/N-ethyl adjacent to an activating group) is 1. The lowest BCUT2D eigenvalue weighted by atomic mass is 9.70. The molecule has 2 aliphatic carbocycles. The first kappa shape index (κ1) is 18.9. The van der Waals surface area contributed by atoms with Crippen molar-refractivity contribution >= 4 is 0 Å². The summed E-state index contributed by atoms with van der Waals surface area (Å²) in [5, 5.41) is 20.2. The van der Waals surface area contributed by atoms with E-state index in [4.69, 9.17) is 0 Å². The molecule has 2 unspecified atom stereocenters. The topological polar surface area (TPSA) is 50.5 Å². The highest BCUT2D eigenvalue weighted by Gasteiger charge is 2.45. The number of hydrogen-bond donors (Lipinski definition) is 1. The molecule has 0 radical (unpaired) electrons. The Kier molecular flexibility index (Phi) is 4.67. The molecule has 1 saturated heterocycles. The maximum atomic E-state index is 15.6. The van der Waals surface area contributed by atoms with Gasteiger partial charge >= 0.3 is 0 Å². The lowest BCUT2D eigenvalue weighted by Gasteiger charge is -2.43. The van der Waals surface area contributed by atoms with Gasteiger partial charge in [0.05, 0.1) is 23.0 Å². The first-order valence-electron chi connectivity index (χ1n) is 9.75. The van der Waals surface area contributed by atoms with E-state index in [1.807, 2.05) is 11.0 Å². The number of aliphatic hydroxyl groups is 1. The second kappa shape index (κ2) is 6.89. The lowest BCUT2D eigenvalue weighted by Crippen LogP contribution is -2.44. The Hall–Kier alpha value is -2.39. The van der Waals surface area contributed by atoms with Gasteiger partial charge in [0.2, 0.25) is 6.35 Å². The fourth-order valence-electron chi connectivity index (χ4n) is 4.64. The molecule has 28 heavy (non-hydrogen) atoms.